The number of alkyl halides is 3. The molecule has 7 heteroatoms. The highest BCUT2D eigenvalue weighted by molar-refractivity contribution is 8.00. The SMILES string of the molecule is Fc1ccc(F)c2c1OCC1=CCCC[C@]12Sc1ccc(C(F)(F)F)cc1. The number of allylic oxidation sites excluding steroid dienone is 1. The Morgan fingerprint density at radius 2 is 1.67 bits per heavy atom. The van der Waals surface area contributed by atoms with Gasteiger partial charge >= 0.3 is 6.18 Å². The van der Waals surface area contributed by atoms with Crippen molar-refractivity contribution in [3.05, 3.63) is 70.8 Å². The average molecular weight is 398 g/mol. The summed E-state index contributed by atoms with van der Waals surface area (Å²) in [5.41, 5.74) is 0.230. The third-order valence-corrected chi connectivity index (χ3v) is 6.48. The summed E-state index contributed by atoms with van der Waals surface area (Å²) in [6, 6.07) is 6.87. The van der Waals surface area contributed by atoms with Crippen LogP contribution < -0.4 is 4.74 Å². The molecule has 1 aliphatic heterocycles. The summed E-state index contributed by atoms with van der Waals surface area (Å²) in [5.74, 6) is -1.31. The Balaban J connectivity index is 1.81. The van der Waals surface area contributed by atoms with Gasteiger partial charge in [0.25, 0.3) is 0 Å². The Hall–Kier alpha value is -2.02. The lowest BCUT2D eigenvalue weighted by atomic mass is 9.79. The zero-order chi connectivity index (χ0) is 19.2. The molecule has 0 amide bonds. The number of fused-ring (bicyclic) bond motifs is 3. The summed E-state index contributed by atoms with van der Waals surface area (Å²) >= 11 is 1.26. The number of thioether (sulfide) groups is 1. The first-order chi connectivity index (χ1) is 12.8. The van der Waals surface area contributed by atoms with Gasteiger partial charge in [-0.25, -0.2) is 8.78 Å². The predicted molar refractivity (Wildman–Crippen MR) is 92.8 cm³/mol. The average Bonchev–Trinajstić information content (AvgIpc) is 2.63. The number of hydrogen-bond donors (Lipinski definition) is 0. The van der Waals surface area contributed by atoms with Crippen LogP contribution in [-0.4, -0.2) is 6.61 Å². The molecule has 0 spiro atoms. The lowest BCUT2D eigenvalue weighted by Crippen LogP contribution is -2.36. The van der Waals surface area contributed by atoms with Crippen molar-refractivity contribution in [3.8, 4) is 5.75 Å². The Bertz CT molecular complexity index is 904. The number of rotatable bonds is 2. The topological polar surface area (TPSA) is 9.23 Å². The molecule has 0 fully saturated rings. The predicted octanol–water partition coefficient (Wildman–Crippen LogP) is 6.47. The highest BCUT2D eigenvalue weighted by atomic mass is 32.2. The third-order valence-electron chi connectivity index (χ3n) is 4.95. The second-order valence-corrected chi connectivity index (χ2v) is 7.97. The Morgan fingerprint density at radius 1 is 0.963 bits per heavy atom. The number of benzene rings is 2. The van der Waals surface area contributed by atoms with Crippen LogP contribution in [0.2, 0.25) is 0 Å². The van der Waals surface area contributed by atoms with E-state index in [4.69, 9.17) is 4.74 Å². The van der Waals surface area contributed by atoms with Gasteiger partial charge in [0.15, 0.2) is 11.6 Å². The Labute approximate surface area is 157 Å². The molecule has 0 radical (unpaired) electrons. The van der Waals surface area contributed by atoms with Crippen molar-refractivity contribution in [1.82, 2.24) is 0 Å². The van der Waals surface area contributed by atoms with E-state index < -0.39 is 28.1 Å². The molecule has 4 rings (SSSR count). The molecule has 2 aromatic carbocycles. The maximum absolute atomic E-state index is 14.8. The van der Waals surface area contributed by atoms with Crippen molar-refractivity contribution < 1.29 is 26.7 Å². The Kier molecular flexibility index (Phi) is 4.45. The summed E-state index contributed by atoms with van der Waals surface area (Å²) in [5, 5.41) is 0. The smallest absolute Gasteiger partial charge is 0.416 e. The van der Waals surface area contributed by atoms with Crippen molar-refractivity contribution in [3.63, 3.8) is 0 Å². The van der Waals surface area contributed by atoms with Crippen LogP contribution in [0.1, 0.15) is 30.4 Å². The Morgan fingerprint density at radius 3 is 2.37 bits per heavy atom. The normalized spacial score (nSPS) is 21.7. The third kappa shape index (κ3) is 3.12. The molecule has 2 aliphatic rings. The van der Waals surface area contributed by atoms with Gasteiger partial charge in [-0.2, -0.15) is 13.2 Å². The van der Waals surface area contributed by atoms with Gasteiger partial charge in [-0.1, -0.05) is 6.08 Å². The van der Waals surface area contributed by atoms with Crippen LogP contribution in [-0.2, 0) is 10.9 Å². The van der Waals surface area contributed by atoms with Crippen molar-refractivity contribution in [1.29, 1.82) is 0 Å². The van der Waals surface area contributed by atoms with Gasteiger partial charge in [-0.15, -0.1) is 11.8 Å². The van der Waals surface area contributed by atoms with Gasteiger partial charge in [-0.05, 0) is 61.2 Å². The minimum absolute atomic E-state index is 0.103. The molecule has 2 aromatic rings. The quantitative estimate of drug-likeness (QED) is 0.423. The maximum atomic E-state index is 14.8. The number of ether oxygens (including phenoxy) is 1. The molecule has 0 saturated heterocycles. The molecule has 1 nitrogen and oxygen atoms in total. The van der Waals surface area contributed by atoms with E-state index in [0.717, 1.165) is 42.7 Å². The van der Waals surface area contributed by atoms with Gasteiger partial charge < -0.3 is 4.74 Å². The molecule has 0 unspecified atom stereocenters. The van der Waals surface area contributed by atoms with Crippen molar-refractivity contribution in [2.24, 2.45) is 0 Å². The lowest BCUT2D eigenvalue weighted by molar-refractivity contribution is -0.137. The van der Waals surface area contributed by atoms with Crippen molar-refractivity contribution in [2.45, 2.75) is 35.1 Å². The van der Waals surface area contributed by atoms with E-state index in [1.807, 2.05) is 6.08 Å². The standard InChI is InChI=1S/C20H15F5OS/c21-15-8-9-16(22)18-17(15)19(10-2-1-3-13(19)11-26-18)27-14-6-4-12(5-7-14)20(23,24)25/h3-9H,1-2,10-11H2/t19-/m0/s1. The monoisotopic (exact) mass is 398 g/mol. The van der Waals surface area contributed by atoms with Crippen LogP contribution in [0.3, 0.4) is 0 Å². The van der Waals surface area contributed by atoms with Crippen LogP contribution in [0.15, 0.2) is 52.9 Å². The van der Waals surface area contributed by atoms with Gasteiger partial charge in [0.05, 0.1) is 15.9 Å². The van der Waals surface area contributed by atoms with E-state index in [2.05, 4.69) is 0 Å². The largest absolute Gasteiger partial charge is 0.486 e. The summed E-state index contributed by atoms with van der Waals surface area (Å²) < 4.78 is 72.1. The highest BCUT2D eigenvalue weighted by Gasteiger charge is 2.46. The van der Waals surface area contributed by atoms with Crippen LogP contribution >= 0.6 is 11.8 Å². The van der Waals surface area contributed by atoms with Gasteiger partial charge in [-0.3, -0.25) is 0 Å². The van der Waals surface area contributed by atoms with E-state index in [0.29, 0.717) is 11.3 Å². The van der Waals surface area contributed by atoms with E-state index in [1.165, 1.54) is 23.9 Å². The number of halogens is 5. The zero-order valence-electron chi connectivity index (χ0n) is 14.1. The zero-order valence-corrected chi connectivity index (χ0v) is 14.9. The molecule has 1 atom stereocenters. The second kappa shape index (κ2) is 6.55. The fourth-order valence-electron chi connectivity index (χ4n) is 3.70. The molecule has 1 heterocycles. The molecular formula is C20H15F5OS. The van der Waals surface area contributed by atoms with Gasteiger partial charge in [0.1, 0.15) is 12.4 Å². The molecule has 0 N–H and O–H groups in total. The second-order valence-electron chi connectivity index (χ2n) is 6.59. The molecule has 142 valence electrons. The first-order valence-electron chi connectivity index (χ1n) is 8.48. The van der Waals surface area contributed by atoms with E-state index >= 15 is 0 Å². The molecule has 0 aromatic heterocycles. The van der Waals surface area contributed by atoms with Gasteiger partial charge in [0.2, 0.25) is 0 Å². The molecular weight excluding hydrogens is 383 g/mol. The van der Waals surface area contributed by atoms with E-state index in [1.54, 1.807) is 0 Å². The molecule has 0 bridgehead atoms. The van der Waals surface area contributed by atoms with E-state index in [-0.39, 0.29) is 17.9 Å². The summed E-state index contributed by atoms with van der Waals surface area (Å²) in [4.78, 5) is 0.562. The van der Waals surface area contributed by atoms with Crippen LogP contribution in [0.4, 0.5) is 22.0 Å². The van der Waals surface area contributed by atoms with Crippen molar-refractivity contribution >= 4 is 11.8 Å². The summed E-state index contributed by atoms with van der Waals surface area (Å²) in [6.07, 6.45) is -0.320. The maximum Gasteiger partial charge on any atom is 0.416 e. The highest BCUT2D eigenvalue weighted by Crippen LogP contribution is 2.58. The number of hydrogen-bond acceptors (Lipinski definition) is 2. The van der Waals surface area contributed by atoms with Crippen LogP contribution in [0.5, 0.6) is 5.75 Å². The molecule has 1 aliphatic carbocycles. The van der Waals surface area contributed by atoms with Crippen molar-refractivity contribution in [2.75, 3.05) is 6.61 Å². The van der Waals surface area contributed by atoms with Crippen LogP contribution in [0.25, 0.3) is 0 Å². The lowest BCUT2D eigenvalue weighted by Gasteiger charge is -2.43. The van der Waals surface area contributed by atoms with Gasteiger partial charge in [0, 0.05) is 4.90 Å². The molecule has 27 heavy (non-hydrogen) atoms. The minimum atomic E-state index is -4.42. The summed E-state index contributed by atoms with van der Waals surface area (Å²) in [7, 11) is 0. The molecule has 0 saturated carbocycles. The first kappa shape index (κ1) is 18.3. The first-order valence-corrected chi connectivity index (χ1v) is 9.30. The fourth-order valence-corrected chi connectivity index (χ4v) is 5.18. The summed E-state index contributed by atoms with van der Waals surface area (Å²) in [6.45, 7) is 0.140. The minimum Gasteiger partial charge on any atom is -0.486 e. The fraction of sp³-hybridized carbons (Fsp3) is 0.300. The van der Waals surface area contributed by atoms with Crippen LogP contribution in [0, 0.1) is 11.6 Å². The van der Waals surface area contributed by atoms with E-state index in [9.17, 15) is 22.0 Å².